The molecule has 0 aromatic heterocycles. The van der Waals surface area contributed by atoms with Gasteiger partial charge in [-0.3, -0.25) is 9.59 Å². The minimum absolute atomic E-state index is 0.114. The molecule has 0 unspecified atom stereocenters. The number of unbranched alkanes of at least 4 members (excludes halogenated alkanes) is 12. The van der Waals surface area contributed by atoms with E-state index in [1.807, 2.05) is 6.92 Å². The Kier molecular flexibility index (Phi) is 19.8. The Morgan fingerprint density at radius 3 is 1.43 bits per heavy atom. The van der Waals surface area contributed by atoms with E-state index < -0.39 is 6.10 Å². The molecule has 5 heteroatoms. The van der Waals surface area contributed by atoms with E-state index in [1.54, 1.807) is 0 Å². The van der Waals surface area contributed by atoms with Gasteiger partial charge in [-0.15, -0.1) is 0 Å². The van der Waals surface area contributed by atoms with Crippen molar-refractivity contribution in [2.75, 3.05) is 13.2 Å². The molecule has 0 radical (unpaired) electrons. The number of carbonyl (C=O) groups excluding carboxylic acids is 2. The summed E-state index contributed by atoms with van der Waals surface area (Å²) >= 11 is 0. The molecule has 0 saturated carbocycles. The third-order valence-corrected chi connectivity index (χ3v) is 4.81. The van der Waals surface area contributed by atoms with Crippen LogP contribution in [0.15, 0.2) is 0 Å². The topological polar surface area (TPSA) is 72.8 Å². The Hall–Kier alpha value is -1.10. The van der Waals surface area contributed by atoms with Crippen molar-refractivity contribution in [3.8, 4) is 0 Å². The fourth-order valence-electron chi connectivity index (χ4n) is 3.06. The van der Waals surface area contributed by atoms with E-state index in [9.17, 15) is 14.7 Å². The first-order valence-corrected chi connectivity index (χ1v) is 11.6. The van der Waals surface area contributed by atoms with Crippen molar-refractivity contribution in [3.63, 3.8) is 0 Å². The van der Waals surface area contributed by atoms with Gasteiger partial charge < -0.3 is 14.6 Å². The smallest absolute Gasteiger partial charge is 0.305 e. The standard InChI is InChI=1S/C23H44O5/c1-3-5-6-7-8-9-10-11-12-13-14-15-16-18-23(26)28-20-21(24)19-27-22(25)17-4-2/h21,24H,3-20H2,1-2H3/t21-/m1/s1. The third kappa shape index (κ3) is 19.7. The van der Waals surface area contributed by atoms with Crippen molar-refractivity contribution in [3.05, 3.63) is 0 Å². The van der Waals surface area contributed by atoms with Gasteiger partial charge in [0.05, 0.1) is 0 Å². The summed E-state index contributed by atoms with van der Waals surface area (Å²) in [6.45, 7) is 3.90. The van der Waals surface area contributed by atoms with Crippen LogP contribution in [0.5, 0.6) is 0 Å². The minimum Gasteiger partial charge on any atom is -0.463 e. The lowest BCUT2D eigenvalue weighted by Gasteiger charge is -2.11. The second kappa shape index (κ2) is 20.6. The third-order valence-electron chi connectivity index (χ3n) is 4.81. The zero-order valence-electron chi connectivity index (χ0n) is 18.4. The first-order valence-electron chi connectivity index (χ1n) is 11.6. The van der Waals surface area contributed by atoms with E-state index in [2.05, 4.69) is 6.92 Å². The fraction of sp³-hybridized carbons (Fsp3) is 0.913. The minimum atomic E-state index is -0.948. The Labute approximate surface area is 172 Å². The van der Waals surface area contributed by atoms with Crippen LogP contribution in [0, 0.1) is 0 Å². The molecule has 0 aromatic rings. The van der Waals surface area contributed by atoms with Gasteiger partial charge in [0, 0.05) is 12.8 Å². The van der Waals surface area contributed by atoms with E-state index in [1.165, 1.54) is 70.6 Å². The van der Waals surface area contributed by atoms with E-state index in [0.29, 0.717) is 19.3 Å². The molecular formula is C23H44O5. The Balaban J connectivity index is 3.33. The van der Waals surface area contributed by atoms with Crippen molar-refractivity contribution in [1.82, 2.24) is 0 Å². The van der Waals surface area contributed by atoms with Crippen molar-refractivity contribution in [1.29, 1.82) is 0 Å². The predicted octanol–water partition coefficient (Wildman–Crippen LogP) is 5.72. The van der Waals surface area contributed by atoms with Crippen molar-refractivity contribution < 1.29 is 24.2 Å². The van der Waals surface area contributed by atoms with Crippen molar-refractivity contribution in [2.24, 2.45) is 0 Å². The van der Waals surface area contributed by atoms with Gasteiger partial charge in [0.2, 0.25) is 0 Å². The van der Waals surface area contributed by atoms with Gasteiger partial charge >= 0.3 is 11.9 Å². The molecule has 0 rings (SSSR count). The molecular weight excluding hydrogens is 356 g/mol. The van der Waals surface area contributed by atoms with E-state index in [0.717, 1.165) is 12.8 Å². The number of hydrogen-bond acceptors (Lipinski definition) is 5. The number of ether oxygens (including phenoxy) is 2. The zero-order chi connectivity index (χ0) is 20.9. The van der Waals surface area contributed by atoms with Crippen LogP contribution in [0.25, 0.3) is 0 Å². The highest BCUT2D eigenvalue weighted by molar-refractivity contribution is 5.69. The monoisotopic (exact) mass is 400 g/mol. The summed E-state index contributed by atoms with van der Waals surface area (Å²) in [6.07, 6.45) is 17.0. The molecule has 0 aliphatic heterocycles. The van der Waals surface area contributed by atoms with Gasteiger partial charge in [0.25, 0.3) is 0 Å². The molecule has 0 heterocycles. The molecule has 0 aliphatic carbocycles. The van der Waals surface area contributed by atoms with Crippen LogP contribution < -0.4 is 0 Å². The Morgan fingerprint density at radius 2 is 1.00 bits per heavy atom. The molecule has 5 nitrogen and oxygen atoms in total. The maximum atomic E-state index is 11.6. The summed E-state index contributed by atoms with van der Waals surface area (Å²) in [4.78, 5) is 22.8. The first kappa shape index (κ1) is 26.9. The molecule has 0 bridgehead atoms. The predicted molar refractivity (Wildman–Crippen MR) is 113 cm³/mol. The zero-order valence-corrected chi connectivity index (χ0v) is 18.4. The van der Waals surface area contributed by atoms with E-state index in [-0.39, 0.29) is 25.2 Å². The first-order chi connectivity index (χ1) is 13.6. The second-order valence-corrected chi connectivity index (χ2v) is 7.76. The van der Waals surface area contributed by atoms with Crippen LogP contribution in [0.3, 0.4) is 0 Å². The van der Waals surface area contributed by atoms with Gasteiger partial charge in [-0.25, -0.2) is 0 Å². The summed E-state index contributed by atoms with van der Waals surface area (Å²) in [5, 5.41) is 9.64. The number of aliphatic hydroxyl groups is 1. The molecule has 0 aromatic carbocycles. The molecule has 1 N–H and O–H groups in total. The van der Waals surface area contributed by atoms with Crippen LogP contribution in [0.1, 0.15) is 117 Å². The molecule has 28 heavy (non-hydrogen) atoms. The highest BCUT2D eigenvalue weighted by Gasteiger charge is 2.11. The van der Waals surface area contributed by atoms with Crippen LogP contribution in [-0.2, 0) is 19.1 Å². The van der Waals surface area contributed by atoms with Gasteiger partial charge in [-0.1, -0.05) is 90.9 Å². The van der Waals surface area contributed by atoms with Crippen LogP contribution in [-0.4, -0.2) is 36.4 Å². The summed E-state index contributed by atoms with van der Waals surface area (Å²) in [7, 11) is 0. The number of esters is 2. The maximum Gasteiger partial charge on any atom is 0.305 e. The number of hydrogen-bond donors (Lipinski definition) is 1. The fourth-order valence-corrected chi connectivity index (χ4v) is 3.06. The van der Waals surface area contributed by atoms with E-state index in [4.69, 9.17) is 9.47 Å². The van der Waals surface area contributed by atoms with Crippen LogP contribution in [0.4, 0.5) is 0 Å². The van der Waals surface area contributed by atoms with E-state index >= 15 is 0 Å². The largest absolute Gasteiger partial charge is 0.463 e. The molecule has 0 aliphatic rings. The summed E-state index contributed by atoms with van der Waals surface area (Å²) < 4.78 is 9.90. The van der Waals surface area contributed by atoms with Gasteiger partial charge in [0.15, 0.2) is 0 Å². The molecule has 0 amide bonds. The van der Waals surface area contributed by atoms with Crippen LogP contribution >= 0.6 is 0 Å². The lowest BCUT2D eigenvalue weighted by atomic mass is 10.0. The normalized spacial score (nSPS) is 12.0. The average molecular weight is 401 g/mol. The molecule has 0 saturated heterocycles. The number of aliphatic hydroxyl groups excluding tert-OH is 1. The van der Waals surface area contributed by atoms with Gasteiger partial charge in [-0.2, -0.15) is 0 Å². The highest BCUT2D eigenvalue weighted by Crippen LogP contribution is 2.13. The van der Waals surface area contributed by atoms with Crippen LogP contribution in [0.2, 0.25) is 0 Å². The highest BCUT2D eigenvalue weighted by atomic mass is 16.6. The summed E-state index contributed by atoms with van der Waals surface area (Å²) in [5.74, 6) is -0.623. The van der Waals surface area contributed by atoms with Crippen molar-refractivity contribution in [2.45, 2.75) is 123 Å². The quantitative estimate of drug-likeness (QED) is 0.209. The Bertz CT molecular complexity index is 370. The summed E-state index contributed by atoms with van der Waals surface area (Å²) in [5.41, 5.74) is 0. The summed E-state index contributed by atoms with van der Waals surface area (Å²) in [6, 6.07) is 0. The maximum absolute atomic E-state index is 11.6. The number of rotatable bonds is 20. The molecule has 0 fully saturated rings. The SMILES string of the molecule is CCCCCCCCCCCCCCCC(=O)OC[C@H](O)COC(=O)CCC. The Morgan fingerprint density at radius 1 is 0.607 bits per heavy atom. The molecule has 1 atom stereocenters. The second-order valence-electron chi connectivity index (χ2n) is 7.76. The van der Waals surface area contributed by atoms with Gasteiger partial charge in [-0.05, 0) is 12.8 Å². The lowest BCUT2D eigenvalue weighted by molar-refractivity contribution is -0.152. The molecule has 0 spiro atoms. The number of carbonyl (C=O) groups is 2. The van der Waals surface area contributed by atoms with Gasteiger partial charge in [0.1, 0.15) is 19.3 Å². The van der Waals surface area contributed by atoms with Crippen molar-refractivity contribution >= 4 is 11.9 Å². The molecule has 166 valence electrons. The average Bonchev–Trinajstić information content (AvgIpc) is 2.68. The lowest BCUT2D eigenvalue weighted by Crippen LogP contribution is -2.25.